The molecule has 1 N–H and O–H groups in total. The number of hydrogen-bond acceptors (Lipinski definition) is 3. The first-order valence-corrected chi connectivity index (χ1v) is 6.36. The normalized spacial score (nSPS) is 10.6. The van der Waals surface area contributed by atoms with E-state index in [9.17, 15) is 4.79 Å². The van der Waals surface area contributed by atoms with Crippen LogP contribution in [0.15, 0.2) is 24.3 Å². The third-order valence-corrected chi connectivity index (χ3v) is 3.09. The zero-order valence-corrected chi connectivity index (χ0v) is 11.1. The standard InChI is InChI=1S/C15H17NO3/c1-3-4-5-10-6-7-12-11(8-10)14(19-2)9-13(16-12)15(17)18/h6-9H,3-5H2,1-2H3,(H,17,18). The lowest BCUT2D eigenvalue weighted by Gasteiger charge is -2.08. The molecule has 1 aromatic heterocycles. The van der Waals surface area contributed by atoms with Crippen molar-refractivity contribution in [2.45, 2.75) is 26.2 Å². The molecule has 0 fully saturated rings. The molecule has 0 bridgehead atoms. The van der Waals surface area contributed by atoms with E-state index in [0.717, 1.165) is 24.6 Å². The number of ether oxygens (including phenoxy) is 1. The maximum absolute atomic E-state index is 11.0. The van der Waals surface area contributed by atoms with E-state index in [1.807, 2.05) is 18.2 Å². The second kappa shape index (κ2) is 5.69. The highest BCUT2D eigenvalue weighted by molar-refractivity contribution is 5.93. The van der Waals surface area contributed by atoms with Gasteiger partial charge in [0.15, 0.2) is 5.69 Å². The van der Waals surface area contributed by atoms with Crippen LogP contribution in [0.25, 0.3) is 10.9 Å². The number of methoxy groups -OCH3 is 1. The van der Waals surface area contributed by atoms with Gasteiger partial charge in [-0.1, -0.05) is 19.4 Å². The first-order valence-electron chi connectivity index (χ1n) is 6.36. The van der Waals surface area contributed by atoms with E-state index in [1.165, 1.54) is 11.6 Å². The van der Waals surface area contributed by atoms with Crippen LogP contribution in [0.2, 0.25) is 0 Å². The van der Waals surface area contributed by atoms with Crippen molar-refractivity contribution < 1.29 is 14.6 Å². The number of hydrogen-bond donors (Lipinski definition) is 1. The first kappa shape index (κ1) is 13.3. The third kappa shape index (κ3) is 2.84. The summed E-state index contributed by atoms with van der Waals surface area (Å²) in [6, 6.07) is 7.35. The van der Waals surface area contributed by atoms with Crippen molar-refractivity contribution in [3.63, 3.8) is 0 Å². The fourth-order valence-corrected chi connectivity index (χ4v) is 2.06. The van der Waals surface area contributed by atoms with Crippen LogP contribution < -0.4 is 4.74 Å². The van der Waals surface area contributed by atoms with Crippen LogP contribution in [0.5, 0.6) is 5.75 Å². The highest BCUT2D eigenvalue weighted by Crippen LogP contribution is 2.27. The van der Waals surface area contributed by atoms with Crippen LogP contribution in [-0.4, -0.2) is 23.2 Å². The predicted molar refractivity (Wildman–Crippen MR) is 73.9 cm³/mol. The number of aromatic carboxylic acids is 1. The summed E-state index contributed by atoms with van der Waals surface area (Å²) in [6.45, 7) is 2.16. The van der Waals surface area contributed by atoms with Crippen molar-refractivity contribution in [3.05, 3.63) is 35.5 Å². The molecule has 2 rings (SSSR count). The van der Waals surface area contributed by atoms with Crippen molar-refractivity contribution >= 4 is 16.9 Å². The Morgan fingerprint density at radius 3 is 2.79 bits per heavy atom. The summed E-state index contributed by atoms with van der Waals surface area (Å²) in [7, 11) is 1.54. The van der Waals surface area contributed by atoms with Gasteiger partial charge in [0.25, 0.3) is 0 Å². The molecule has 0 atom stereocenters. The van der Waals surface area contributed by atoms with Gasteiger partial charge in [-0.2, -0.15) is 0 Å². The Kier molecular flexibility index (Phi) is 4.00. The van der Waals surface area contributed by atoms with Crippen molar-refractivity contribution in [3.8, 4) is 5.75 Å². The average Bonchev–Trinajstić information content (AvgIpc) is 2.43. The van der Waals surface area contributed by atoms with Crippen molar-refractivity contribution in [1.82, 2.24) is 4.98 Å². The van der Waals surface area contributed by atoms with Gasteiger partial charge in [-0.15, -0.1) is 0 Å². The average molecular weight is 259 g/mol. The van der Waals surface area contributed by atoms with Crippen molar-refractivity contribution in [2.75, 3.05) is 7.11 Å². The van der Waals surface area contributed by atoms with E-state index in [2.05, 4.69) is 11.9 Å². The summed E-state index contributed by atoms with van der Waals surface area (Å²) in [6.07, 6.45) is 3.29. The Morgan fingerprint density at radius 2 is 2.16 bits per heavy atom. The monoisotopic (exact) mass is 259 g/mol. The molecule has 0 aliphatic carbocycles. The third-order valence-electron chi connectivity index (χ3n) is 3.09. The molecule has 2 aromatic rings. The lowest BCUT2D eigenvalue weighted by molar-refractivity contribution is 0.0690. The topological polar surface area (TPSA) is 59.4 Å². The SMILES string of the molecule is CCCCc1ccc2nc(C(=O)O)cc(OC)c2c1. The fourth-order valence-electron chi connectivity index (χ4n) is 2.06. The van der Waals surface area contributed by atoms with E-state index in [-0.39, 0.29) is 5.69 Å². The largest absolute Gasteiger partial charge is 0.496 e. The van der Waals surface area contributed by atoms with E-state index in [1.54, 1.807) is 7.11 Å². The molecule has 0 aliphatic heterocycles. The van der Waals surface area contributed by atoms with Crippen LogP contribution in [0.4, 0.5) is 0 Å². The van der Waals surface area contributed by atoms with Gasteiger partial charge in [0.2, 0.25) is 0 Å². The van der Waals surface area contributed by atoms with Gasteiger partial charge in [-0.05, 0) is 30.5 Å². The predicted octanol–water partition coefficient (Wildman–Crippen LogP) is 3.28. The molecule has 0 aliphatic rings. The highest BCUT2D eigenvalue weighted by Gasteiger charge is 2.11. The zero-order chi connectivity index (χ0) is 13.8. The van der Waals surface area contributed by atoms with Crippen molar-refractivity contribution in [2.24, 2.45) is 0 Å². The molecule has 0 radical (unpaired) electrons. The van der Waals surface area contributed by atoms with E-state index >= 15 is 0 Å². The Hall–Kier alpha value is -2.10. The second-order valence-corrected chi connectivity index (χ2v) is 4.47. The van der Waals surface area contributed by atoms with Crippen molar-refractivity contribution in [1.29, 1.82) is 0 Å². The number of rotatable bonds is 5. The first-order chi connectivity index (χ1) is 9.15. The molecule has 4 nitrogen and oxygen atoms in total. The lowest BCUT2D eigenvalue weighted by Crippen LogP contribution is -2.02. The number of carboxylic acids is 1. The minimum Gasteiger partial charge on any atom is -0.496 e. The Balaban J connectivity index is 2.52. The molecule has 1 aromatic carbocycles. The molecule has 0 spiro atoms. The molecule has 100 valence electrons. The van der Waals surface area contributed by atoms with Gasteiger partial charge < -0.3 is 9.84 Å². The lowest BCUT2D eigenvalue weighted by atomic mass is 10.0. The molecule has 19 heavy (non-hydrogen) atoms. The van der Waals surface area contributed by atoms with Gasteiger partial charge in [0, 0.05) is 11.5 Å². The molecule has 4 heteroatoms. The fraction of sp³-hybridized carbons (Fsp3) is 0.333. The number of aryl methyl sites for hydroxylation is 1. The van der Waals surface area contributed by atoms with Gasteiger partial charge in [0.05, 0.1) is 12.6 Å². The summed E-state index contributed by atoms with van der Waals surface area (Å²) < 4.78 is 5.27. The number of carbonyl (C=O) groups is 1. The van der Waals surface area contributed by atoms with Gasteiger partial charge in [-0.3, -0.25) is 0 Å². The maximum atomic E-state index is 11.0. The summed E-state index contributed by atoms with van der Waals surface area (Å²) >= 11 is 0. The number of nitrogens with zero attached hydrogens (tertiary/aromatic N) is 1. The number of fused-ring (bicyclic) bond motifs is 1. The number of carboxylic acid groups (broad SMARTS) is 1. The van der Waals surface area contributed by atoms with Crippen LogP contribution in [-0.2, 0) is 6.42 Å². The number of aromatic nitrogens is 1. The van der Waals surface area contributed by atoms with Crippen LogP contribution in [0, 0.1) is 0 Å². The van der Waals surface area contributed by atoms with Gasteiger partial charge in [-0.25, -0.2) is 9.78 Å². The Morgan fingerprint density at radius 1 is 1.37 bits per heavy atom. The van der Waals surface area contributed by atoms with E-state index in [0.29, 0.717) is 11.3 Å². The Bertz CT molecular complexity index is 608. The second-order valence-electron chi connectivity index (χ2n) is 4.47. The molecule has 0 saturated heterocycles. The zero-order valence-electron chi connectivity index (χ0n) is 11.1. The summed E-state index contributed by atoms with van der Waals surface area (Å²) in [5.74, 6) is -0.490. The van der Waals surface area contributed by atoms with Crippen LogP contribution in [0.3, 0.4) is 0 Å². The molecule has 0 amide bonds. The minimum atomic E-state index is -1.05. The van der Waals surface area contributed by atoms with Crippen LogP contribution >= 0.6 is 0 Å². The van der Waals surface area contributed by atoms with Crippen LogP contribution in [0.1, 0.15) is 35.8 Å². The minimum absolute atomic E-state index is 0.00524. The smallest absolute Gasteiger partial charge is 0.354 e. The Labute approximate surface area is 112 Å². The highest BCUT2D eigenvalue weighted by atomic mass is 16.5. The molecular formula is C15H17NO3. The summed E-state index contributed by atoms with van der Waals surface area (Å²) in [5.41, 5.74) is 1.88. The molecular weight excluding hydrogens is 242 g/mol. The van der Waals surface area contributed by atoms with E-state index < -0.39 is 5.97 Å². The number of pyridine rings is 1. The molecule has 1 heterocycles. The van der Waals surface area contributed by atoms with Gasteiger partial charge >= 0.3 is 5.97 Å². The summed E-state index contributed by atoms with van der Waals surface area (Å²) in [5, 5.41) is 9.88. The van der Waals surface area contributed by atoms with Gasteiger partial charge in [0.1, 0.15) is 5.75 Å². The summed E-state index contributed by atoms with van der Waals surface area (Å²) in [4.78, 5) is 15.1. The number of benzene rings is 1. The quantitative estimate of drug-likeness (QED) is 0.895. The number of unbranched alkanes of at least 4 members (excludes halogenated alkanes) is 1. The maximum Gasteiger partial charge on any atom is 0.354 e. The molecule has 0 unspecified atom stereocenters. The van der Waals surface area contributed by atoms with E-state index in [4.69, 9.17) is 9.84 Å². The molecule has 0 saturated carbocycles.